The van der Waals surface area contributed by atoms with E-state index in [1.54, 1.807) is 29.4 Å². The number of hydrogen-bond acceptors (Lipinski definition) is 7. The second kappa shape index (κ2) is 9.41. The molecule has 1 fully saturated rings. The summed E-state index contributed by atoms with van der Waals surface area (Å²) in [7, 11) is 0. The summed E-state index contributed by atoms with van der Waals surface area (Å²) < 4.78 is 16.2. The number of aromatic amines is 1. The van der Waals surface area contributed by atoms with Crippen LogP contribution in [0.25, 0.3) is 0 Å². The molecule has 0 unspecified atom stereocenters. The van der Waals surface area contributed by atoms with Crippen molar-refractivity contribution in [2.75, 3.05) is 36.8 Å². The van der Waals surface area contributed by atoms with E-state index >= 15 is 0 Å². The van der Waals surface area contributed by atoms with Crippen molar-refractivity contribution >= 4 is 23.6 Å². The largest absolute Gasteiger partial charge is 0.337 e. The number of H-pyrrole nitrogens is 1. The molecule has 1 N–H and O–H groups in total. The molecule has 9 nitrogen and oxygen atoms in total. The van der Waals surface area contributed by atoms with Gasteiger partial charge in [0, 0.05) is 44.3 Å². The highest BCUT2D eigenvalue weighted by molar-refractivity contribution is 7.99. The number of amides is 1. The molecule has 0 spiro atoms. The molecule has 0 bridgehead atoms. The minimum absolute atomic E-state index is 0.0253. The van der Waals surface area contributed by atoms with E-state index in [-0.39, 0.29) is 23.6 Å². The van der Waals surface area contributed by atoms with Crippen LogP contribution in [-0.2, 0) is 13.0 Å². The zero-order chi connectivity index (χ0) is 23.7. The first-order chi connectivity index (χ1) is 16.5. The molecule has 1 amide bonds. The van der Waals surface area contributed by atoms with Gasteiger partial charge in [-0.2, -0.15) is 0 Å². The summed E-state index contributed by atoms with van der Waals surface area (Å²) in [5, 5.41) is 0. The fraction of sp³-hybridized carbons (Fsp3) is 0.348. The maximum absolute atomic E-state index is 14.7. The molecule has 2 aliphatic rings. The van der Waals surface area contributed by atoms with Crippen LogP contribution >= 0.6 is 11.8 Å². The number of anilines is 1. The SMILES string of the molecule is O=C(c1cc(Cn2c3c(c(=O)[nH]c2=O)SCCC3)ccc1F)N1CCN(c2ncccn2)CC1. The molecule has 1 saturated heterocycles. The van der Waals surface area contributed by atoms with Gasteiger partial charge in [0.2, 0.25) is 5.95 Å². The van der Waals surface area contributed by atoms with Crippen LogP contribution in [0.2, 0.25) is 0 Å². The number of nitrogens with zero attached hydrogens (tertiary/aromatic N) is 5. The van der Waals surface area contributed by atoms with Gasteiger partial charge in [0.25, 0.3) is 11.5 Å². The summed E-state index contributed by atoms with van der Waals surface area (Å²) in [6.07, 6.45) is 4.84. The number of piperazine rings is 1. The van der Waals surface area contributed by atoms with E-state index in [0.717, 1.165) is 12.2 Å². The summed E-state index contributed by atoms with van der Waals surface area (Å²) >= 11 is 1.44. The molecule has 0 saturated carbocycles. The van der Waals surface area contributed by atoms with Gasteiger partial charge in [-0.1, -0.05) is 6.07 Å². The van der Waals surface area contributed by atoms with Gasteiger partial charge < -0.3 is 9.80 Å². The third-order valence-corrected chi connectivity index (χ3v) is 7.27. The van der Waals surface area contributed by atoms with Crippen molar-refractivity contribution in [3.8, 4) is 0 Å². The molecule has 34 heavy (non-hydrogen) atoms. The number of carbonyl (C=O) groups is 1. The number of hydrogen-bond donors (Lipinski definition) is 1. The van der Waals surface area contributed by atoms with Gasteiger partial charge >= 0.3 is 5.69 Å². The van der Waals surface area contributed by atoms with Gasteiger partial charge in [-0.25, -0.2) is 19.2 Å². The van der Waals surface area contributed by atoms with Crippen LogP contribution in [0.3, 0.4) is 0 Å². The van der Waals surface area contributed by atoms with E-state index in [0.29, 0.717) is 54.7 Å². The Balaban J connectivity index is 1.35. The van der Waals surface area contributed by atoms with Crippen molar-refractivity contribution in [1.82, 2.24) is 24.4 Å². The lowest BCUT2D eigenvalue weighted by Gasteiger charge is -2.34. The first-order valence-electron chi connectivity index (χ1n) is 11.1. The first kappa shape index (κ1) is 22.3. The number of carbonyl (C=O) groups excluding carboxylic acids is 1. The number of rotatable bonds is 4. The van der Waals surface area contributed by atoms with Crippen LogP contribution in [0.15, 0.2) is 51.1 Å². The third kappa shape index (κ3) is 4.35. The highest BCUT2D eigenvalue weighted by Gasteiger charge is 2.26. The molecule has 0 aliphatic carbocycles. The monoisotopic (exact) mass is 482 g/mol. The van der Waals surface area contributed by atoms with Crippen molar-refractivity contribution in [3.63, 3.8) is 0 Å². The summed E-state index contributed by atoms with van der Waals surface area (Å²) in [5.74, 6) is 0.441. The van der Waals surface area contributed by atoms with Crippen molar-refractivity contribution in [1.29, 1.82) is 0 Å². The number of nitrogens with one attached hydrogen (secondary N) is 1. The van der Waals surface area contributed by atoms with Crippen molar-refractivity contribution in [3.05, 3.63) is 80.1 Å². The molecule has 0 atom stereocenters. The zero-order valence-corrected chi connectivity index (χ0v) is 19.2. The van der Waals surface area contributed by atoms with E-state index in [9.17, 15) is 18.8 Å². The number of aromatic nitrogens is 4. The quantitative estimate of drug-likeness (QED) is 0.601. The smallest absolute Gasteiger partial charge is 0.328 e. The Bertz CT molecular complexity index is 1330. The summed E-state index contributed by atoms with van der Waals surface area (Å²) in [4.78, 5) is 52.8. The predicted octanol–water partition coefficient (Wildman–Crippen LogP) is 1.51. The van der Waals surface area contributed by atoms with Gasteiger partial charge in [-0.3, -0.25) is 19.1 Å². The van der Waals surface area contributed by atoms with Crippen LogP contribution in [0.5, 0.6) is 0 Å². The summed E-state index contributed by atoms with van der Waals surface area (Å²) in [6.45, 7) is 2.09. The van der Waals surface area contributed by atoms with Crippen molar-refractivity contribution in [2.24, 2.45) is 0 Å². The molecule has 1 aromatic carbocycles. The Morgan fingerprint density at radius 3 is 2.65 bits per heavy atom. The average Bonchev–Trinajstić information content (AvgIpc) is 2.88. The van der Waals surface area contributed by atoms with E-state index in [1.807, 2.05) is 4.90 Å². The Morgan fingerprint density at radius 2 is 1.88 bits per heavy atom. The number of fused-ring (bicyclic) bond motifs is 1. The number of benzene rings is 1. The number of halogens is 1. The first-order valence-corrected chi connectivity index (χ1v) is 12.1. The van der Waals surface area contributed by atoms with Gasteiger partial charge in [-0.15, -0.1) is 11.8 Å². The summed E-state index contributed by atoms with van der Waals surface area (Å²) in [5.41, 5.74) is 0.427. The second-order valence-corrected chi connectivity index (χ2v) is 9.32. The van der Waals surface area contributed by atoms with Crippen LogP contribution in [-0.4, -0.2) is 62.3 Å². The van der Waals surface area contributed by atoms with Gasteiger partial charge in [-0.05, 0) is 42.4 Å². The second-order valence-electron chi connectivity index (χ2n) is 8.22. The summed E-state index contributed by atoms with van der Waals surface area (Å²) in [6, 6.07) is 6.07. The standard InChI is InChI=1S/C23H23FN6O3S/c24-17-5-4-15(14-30-18-3-1-12-34-19(18)20(31)27-23(30)33)13-16(17)21(32)28-8-10-29(11-9-28)22-25-6-2-7-26-22/h2,4-7,13H,1,3,8-12,14H2,(H,27,31,33). The lowest BCUT2D eigenvalue weighted by molar-refractivity contribution is 0.0741. The van der Waals surface area contributed by atoms with Crippen LogP contribution < -0.4 is 16.1 Å². The lowest BCUT2D eigenvalue weighted by atomic mass is 10.1. The van der Waals surface area contributed by atoms with E-state index < -0.39 is 11.5 Å². The minimum atomic E-state index is -0.603. The Hall–Kier alpha value is -3.47. The zero-order valence-electron chi connectivity index (χ0n) is 18.4. The van der Waals surface area contributed by atoms with Crippen LogP contribution in [0.1, 0.15) is 28.0 Å². The van der Waals surface area contributed by atoms with Gasteiger partial charge in [0.05, 0.1) is 17.0 Å². The Labute approximate surface area is 198 Å². The molecule has 11 heteroatoms. The van der Waals surface area contributed by atoms with Crippen LogP contribution in [0.4, 0.5) is 10.3 Å². The topological polar surface area (TPSA) is 104 Å². The normalized spacial score (nSPS) is 15.8. The Kier molecular flexibility index (Phi) is 6.18. The maximum Gasteiger partial charge on any atom is 0.328 e. The van der Waals surface area contributed by atoms with Crippen molar-refractivity contribution < 1.29 is 9.18 Å². The molecule has 4 heterocycles. The van der Waals surface area contributed by atoms with Gasteiger partial charge in [0.1, 0.15) is 5.82 Å². The van der Waals surface area contributed by atoms with Crippen molar-refractivity contribution in [2.45, 2.75) is 24.3 Å². The van der Waals surface area contributed by atoms with Gasteiger partial charge in [0.15, 0.2) is 0 Å². The average molecular weight is 483 g/mol. The molecule has 2 aliphatic heterocycles. The highest BCUT2D eigenvalue weighted by Crippen LogP contribution is 2.26. The van der Waals surface area contributed by atoms with Crippen LogP contribution in [0, 0.1) is 5.82 Å². The molecule has 0 radical (unpaired) electrons. The molecule has 2 aromatic heterocycles. The maximum atomic E-state index is 14.7. The highest BCUT2D eigenvalue weighted by atomic mass is 32.2. The molecule has 5 rings (SSSR count). The minimum Gasteiger partial charge on any atom is -0.337 e. The third-order valence-electron chi connectivity index (χ3n) is 6.07. The van der Waals surface area contributed by atoms with E-state index in [1.165, 1.54) is 28.5 Å². The Morgan fingerprint density at radius 1 is 1.12 bits per heavy atom. The fourth-order valence-corrected chi connectivity index (χ4v) is 5.38. The predicted molar refractivity (Wildman–Crippen MR) is 126 cm³/mol. The van der Waals surface area contributed by atoms with E-state index in [2.05, 4.69) is 15.0 Å². The van der Waals surface area contributed by atoms with E-state index in [4.69, 9.17) is 0 Å². The molecular weight excluding hydrogens is 459 g/mol. The molecule has 3 aromatic rings. The lowest BCUT2D eigenvalue weighted by Crippen LogP contribution is -2.49. The molecule has 176 valence electrons. The fourth-order valence-electron chi connectivity index (χ4n) is 4.33. The molecular formula is C23H23FN6O3S. The number of thioether (sulfide) groups is 1.